The largest absolute Gasteiger partial charge is 0.300 e. The summed E-state index contributed by atoms with van der Waals surface area (Å²) in [4.78, 5) is 11.6. The summed E-state index contributed by atoms with van der Waals surface area (Å²) in [5, 5.41) is 11.6. The van der Waals surface area contributed by atoms with Crippen LogP contribution in [0.1, 0.15) is 6.92 Å². The second-order valence-electron chi connectivity index (χ2n) is 4.68. The van der Waals surface area contributed by atoms with Gasteiger partial charge in [0.15, 0.2) is 11.8 Å². The van der Waals surface area contributed by atoms with E-state index in [9.17, 15) is 4.79 Å². The third kappa shape index (κ3) is 1.37. The van der Waals surface area contributed by atoms with Crippen molar-refractivity contribution >= 4 is 22.9 Å². The van der Waals surface area contributed by atoms with Gasteiger partial charge in [0.1, 0.15) is 0 Å². The van der Waals surface area contributed by atoms with Crippen molar-refractivity contribution in [1.29, 1.82) is 0 Å². The number of aldehydes is 1. The maximum atomic E-state index is 11.6. The third-order valence-electron chi connectivity index (χ3n) is 3.43. The van der Waals surface area contributed by atoms with E-state index in [1.54, 1.807) is 9.69 Å². The van der Waals surface area contributed by atoms with Gasteiger partial charge in [0.2, 0.25) is 0 Å². The Bertz CT molecular complexity index is 612. The fraction of sp³-hybridized carbons (Fsp3) is 0.308. The molecule has 0 radical (unpaired) electrons. The fourth-order valence-electron chi connectivity index (χ4n) is 2.42. The number of aromatic nitrogens is 2. The summed E-state index contributed by atoms with van der Waals surface area (Å²) in [5.74, 6) is 0. The molecule has 1 aliphatic heterocycles. The van der Waals surface area contributed by atoms with E-state index in [4.69, 9.17) is 0 Å². The molecule has 0 fully saturated rings. The minimum atomic E-state index is -0.770. The Kier molecular flexibility index (Phi) is 2.23. The van der Waals surface area contributed by atoms with E-state index in [0.717, 1.165) is 22.9 Å². The zero-order chi connectivity index (χ0) is 12.8. The molecule has 0 saturated carbocycles. The summed E-state index contributed by atoms with van der Waals surface area (Å²) in [5.41, 5.74) is 0.891. The number of hydrazone groups is 1. The maximum absolute atomic E-state index is 11.6. The Morgan fingerprint density at radius 2 is 2.17 bits per heavy atom. The van der Waals surface area contributed by atoms with Gasteiger partial charge in [0.25, 0.3) is 0 Å². The zero-order valence-electron chi connectivity index (χ0n) is 10.4. The Hall–Kier alpha value is -2.17. The molecule has 5 nitrogen and oxygen atoms in total. The standard InChI is InChI=1S/C13H14N4O/c1-10-13(9-18,8-16(2)14-10)17-7-11-5-3-4-6-12(11)15-17/h3-7,9H,8H2,1-2H3. The number of hydrogen-bond donors (Lipinski definition) is 0. The predicted octanol–water partition coefficient (Wildman–Crippen LogP) is 1.25. The van der Waals surface area contributed by atoms with Crippen LogP contribution in [-0.4, -0.2) is 40.4 Å². The average Bonchev–Trinajstić information content (AvgIpc) is 2.90. The molecule has 0 bridgehead atoms. The van der Waals surface area contributed by atoms with Crippen molar-refractivity contribution in [1.82, 2.24) is 14.8 Å². The normalized spacial score (nSPS) is 23.4. The Labute approximate surface area is 105 Å². The van der Waals surface area contributed by atoms with E-state index < -0.39 is 5.54 Å². The Morgan fingerprint density at radius 1 is 1.39 bits per heavy atom. The molecule has 0 spiro atoms. The molecular weight excluding hydrogens is 228 g/mol. The van der Waals surface area contributed by atoms with Crippen LogP contribution in [-0.2, 0) is 10.3 Å². The fourth-order valence-corrected chi connectivity index (χ4v) is 2.42. The molecule has 1 aliphatic rings. The first-order chi connectivity index (χ1) is 8.65. The van der Waals surface area contributed by atoms with Crippen LogP contribution < -0.4 is 0 Å². The van der Waals surface area contributed by atoms with Crippen LogP contribution >= 0.6 is 0 Å². The Balaban J connectivity index is 2.18. The summed E-state index contributed by atoms with van der Waals surface area (Å²) >= 11 is 0. The zero-order valence-corrected chi connectivity index (χ0v) is 10.4. The van der Waals surface area contributed by atoms with Crippen molar-refractivity contribution in [2.75, 3.05) is 13.6 Å². The van der Waals surface area contributed by atoms with Crippen LogP contribution in [0.15, 0.2) is 35.6 Å². The van der Waals surface area contributed by atoms with Gasteiger partial charge in [-0.25, -0.2) is 0 Å². The van der Waals surface area contributed by atoms with Gasteiger partial charge in [-0.3, -0.25) is 9.69 Å². The van der Waals surface area contributed by atoms with E-state index in [1.165, 1.54) is 0 Å². The number of carbonyl (C=O) groups excluding carboxylic acids is 1. The lowest BCUT2D eigenvalue weighted by atomic mass is 9.97. The predicted molar refractivity (Wildman–Crippen MR) is 69.5 cm³/mol. The van der Waals surface area contributed by atoms with Gasteiger partial charge in [-0.05, 0) is 13.0 Å². The molecular formula is C13H14N4O. The maximum Gasteiger partial charge on any atom is 0.176 e. The van der Waals surface area contributed by atoms with Gasteiger partial charge < -0.3 is 4.79 Å². The van der Waals surface area contributed by atoms with Crippen LogP contribution in [0.2, 0.25) is 0 Å². The lowest BCUT2D eigenvalue weighted by Gasteiger charge is -2.23. The molecule has 3 rings (SSSR count). The average molecular weight is 242 g/mol. The molecule has 5 heteroatoms. The molecule has 0 aliphatic carbocycles. The van der Waals surface area contributed by atoms with Crippen LogP contribution in [0.5, 0.6) is 0 Å². The van der Waals surface area contributed by atoms with Crippen LogP contribution in [0.4, 0.5) is 0 Å². The van der Waals surface area contributed by atoms with Gasteiger partial charge in [0, 0.05) is 18.6 Å². The number of rotatable bonds is 2. The number of hydrogen-bond acceptors (Lipinski definition) is 4. The van der Waals surface area contributed by atoms with Gasteiger partial charge >= 0.3 is 0 Å². The highest BCUT2D eigenvalue weighted by atomic mass is 16.1. The van der Waals surface area contributed by atoms with Crippen molar-refractivity contribution in [3.63, 3.8) is 0 Å². The molecule has 0 saturated heterocycles. The van der Waals surface area contributed by atoms with Crippen molar-refractivity contribution < 1.29 is 4.79 Å². The molecule has 92 valence electrons. The highest BCUT2D eigenvalue weighted by Gasteiger charge is 2.42. The topological polar surface area (TPSA) is 50.5 Å². The molecule has 1 aromatic heterocycles. The Morgan fingerprint density at radius 3 is 2.78 bits per heavy atom. The summed E-state index contributed by atoms with van der Waals surface area (Å²) in [7, 11) is 1.86. The summed E-state index contributed by atoms with van der Waals surface area (Å²) in [6, 6.07) is 7.83. The quantitative estimate of drug-likeness (QED) is 0.745. The lowest BCUT2D eigenvalue weighted by Crippen LogP contribution is -2.44. The molecule has 0 N–H and O–H groups in total. The molecule has 0 amide bonds. The van der Waals surface area contributed by atoms with Crippen LogP contribution in [0.25, 0.3) is 10.9 Å². The van der Waals surface area contributed by atoms with Gasteiger partial charge in [0.05, 0.1) is 17.8 Å². The summed E-state index contributed by atoms with van der Waals surface area (Å²) in [6.45, 7) is 2.39. The number of benzene rings is 1. The van der Waals surface area contributed by atoms with Gasteiger partial charge in [-0.2, -0.15) is 10.2 Å². The smallest absolute Gasteiger partial charge is 0.176 e. The van der Waals surface area contributed by atoms with Crippen LogP contribution in [0.3, 0.4) is 0 Å². The molecule has 1 atom stereocenters. The van der Waals surface area contributed by atoms with Crippen molar-refractivity contribution in [2.45, 2.75) is 12.5 Å². The van der Waals surface area contributed by atoms with Crippen molar-refractivity contribution in [2.24, 2.45) is 5.10 Å². The molecule has 2 heterocycles. The molecule has 1 aromatic carbocycles. The molecule has 18 heavy (non-hydrogen) atoms. The first kappa shape index (κ1) is 11.0. The van der Waals surface area contributed by atoms with E-state index in [1.807, 2.05) is 44.4 Å². The van der Waals surface area contributed by atoms with Crippen LogP contribution in [0, 0.1) is 0 Å². The minimum Gasteiger partial charge on any atom is -0.300 e. The minimum absolute atomic E-state index is 0.524. The van der Waals surface area contributed by atoms with E-state index in [0.29, 0.717) is 6.54 Å². The molecule has 2 aromatic rings. The van der Waals surface area contributed by atoms with Crippen molar-refractivity contribution in [3.05, 3.63) is 30.5 Å². The third-order valence-corrected chi connectivity index (χ3v) is 3.43. The number of nitrogens with zero attached hydrogens (tertiary/aromatic N) is 4. The SMILES string of the molecule is CC1=NN(C)CC1(C=O)n1cc2ccccc2n1. The van der Waals surface area contributed by atoms with Gasteiger partial charge in [-0.1, -0.05) is 18.2 Å². The van der Waals surface area contributed by atoms with Gasteiger partial charge in [-0.15, -0.1) is 0 Å². The van der Waals surface area contributed by atoms with E-state index in [-0.39, 0.29) is 0 Å². The second kappa shape index (κ2) is 3.66. The highest BCUT2D eigenvalue weighted by molar-refractivity contribution is 6.04. The van der Waals surface area contributed by atoms with Crippen molar-refractivity contribution in [3.8, 4) is 0 Å². The number of carbonyl (C=O) groups is 1. The van der Waals surface area contributed by atoms with E-state index >= 15 is 0 Å². The second-order valence-corrected chi connectivity index (χ2v) is 4.68. The monoisotopic (exact) mass is 242 g/mol. The van der Waals surface area contributed by atoms with E-state index in [2.05, 4.69) is 10.2 Å². The lowest BCUT2D eigenvalue weighted by molar-refractivity contribution is -0.113. The number of fused-ring (bicyclic) bond motifs is 1. The summed E-state index contributed by atoms with van der Waals surface area (Å²) < 4.78 is 1.73. The highest BCUT2D eigenvalue weighted by Crippen LogP contribution is 2.25. The molecule has 1 unspecified atom stereocenters. The first-order valence-electron chi connectivity index (χ1n) is 5.84. The first-order valence-corrected chi connectivity index (χ1v) is 5.84. The summed E-state index contributed by atoms with van der Waals surface area (Å²) in [6.07, 6.45) is 2.84. The number of likely N-dealkylation sites (N-methyl/N-ethyl adjacent to an activating group) is 1.